The summed E-state index contributed by atoms with van der Waals surface area (Å²) in [5.74, 6) is 0.0259. The minimum atomic E-state index is -0.760. The topological polar surface area (TPSA) is 78.9 Å². The molecular weight excluding hydrogens is 733 g/mol. The largest absolute Gasteiger partial charge is 0.462 e. The molecule has 0 radical (unpaired) electrons. The van der Waals surface area contributed by atoms with Crippen molar-refractivity contribution in [3.63, 3.8) is 0 Å². The van der Waals surface area contributed by atoms with Gasteiger partial charge in [-0.15, -0.1) is 0 Å². The fourth-order valence-corrected chi connectivity index (χ4v) is 8.01. The number of ether oxygens (including phenoxy) is 3. The Labute approximate surface area is 368 Å². The van der Waals surface area contributed by atoms with Gasteiger partial charge in [0, 0.05) is 19.3 Å². The Morgan fingerprint density at radius 2 is 0.593 bits per heavy atom. The van der Waals surface area contributed by atoms with E-state index in [4.69, 9.17) is 14.2 Å². The second-order valence-electron chi connectivity index (χ2n) is 18.4. The molecule has 0 aromatic rings. The normalized spacial score (nSPS) is 12.4. The van der Waals surface area contributed by atoms with Crippen molar-refractivity contribution in [1.29, 1.82) is 0 Å². The molecule has 0 rings (SSSR count). The van der Waals surface area contributed by atoms with Gasteiger partial charge in [0.2, 0.25) is 0 Å². The molecule has 0 fully saturated rings. The summed E-state index contributed by atoms with van der Waals surface area (Å²) in [6.45, 7) is 9.05. The molecule has 0 saturated heterocycles. The van der Waals surface area contributed by atoms with Crippen LogP contribution in [0.3, 0.4) is 0 Å². The molecule has 6 heteroatoms. The molecule has 0 aromatic heterocycles. The molecule has 6 nitrogen and oxygen atoms in total. The van der Waals surface area contributed by atoms with Gasteiger partial charge >= 0.3 is 17.9 Å². The lowest BCUT2D eigenvalue weighted by atomic mass is 9.99. The maximum Gasteiger partial charge on any atom is 0.306 e. The van der Waals surface area contributed by atoms with Gasteiger partial charge in [0.25, 0.3) is 0 Å². The van der Waals surface area contributed by atoms with E-state index in [2.05, 4.69) is 27.7 Å². The van der Waals surface area contributed by atoms with Crippen molar-refractivity contribution < 1.29 is 28.6 Å². The van der Waals surface area contributed by atoms with Crippen molar-refractivity contribution in [2.24, 2.45) is 5.92 Å². The summed E-state index contributed by atoms with van der Waals surface area (Å²) in [4.78, 5) is 37.9. The van der Waals surface area contributed by atoms with Gasteiger partial charge < -0.3 is 14.2 Å². The van der Waals surface area contributed by atoms with Crippen LogP contribution in [0, 0.1) is 5.92 Å². The first-order valence-corrected chi connectivity index (χ1v) is 26.4. The lowest BCUT2D eigenvalue weighted by Crippen LogP contribution is -2.30. The zero-order valence-corrected chi connectivity index (χ0v) is 40.2. The van der Waals surface area contributed by atoms with Crippen LogP contribution in [-0.4, -0.2) is 37.2 Å². The van der Waals surface area contributed by atoms with Crippen LogP contribution in [0.5, 0.6) is 0 Å². The van der Waals surface area contributed by atoms with E-state index in [9.17, 15) is 14.4 Å². The monoisotopic (exact) mass is 835 g/mol. The first kappa shape index (κ1) is 57.4. The van der Waals surface area contributed by atoms with Gasteiger partial charge in [-0.2, -0.15) is 0 Å². The standard InChI is InChI=1S/C53H102O6/c1-5-8-10-12-14-16-18-19-20-21-22-24-28-32-36-40-44-51(54)57-47-50(59-53(56)46-42-38-34-30-23-17-15-13-11-9-6-2)48-58-52(55)45-41-37-33-29-26-25-27-31-35-39-43-49(4)7-3/h49-50H,5-48H2,1-4H3/t49?,50-/m0/s1. The zero-order chi connectivity index (χ0) is 43.1. The van der Waals surface area contributed by atoms with Crippen molar-refractivity contribution in [2.45, 2.75) is 303 Å². The fourth-order valence-electron chi connectivity index (χ4n) is 8.01. The second-order valence-corrected chi connectivity index (χ2v) is 18.4. The minimum Gasteiger partial charge on any atom is -0.462 e. The number of hydrogen-bond acceptors (Lipinski definition) is 6. The molecule has 0 heterocycles. The SMILES string of the molecule is CCCCCCCCCCCCCCCCCCC(=O)OC[C@@H](COC(=O)CCCCCCCCCCCCC(C)CC)OC(=O)CCCCCCCCCCCCC. The Morgan fingerprint density at radius 3 is 0.881 bits per heavy atom. The van der Waals surface area contributed by atoms with Gasteiger partial charge in [0.15, 0.2) is 6.10 Å². The Morgan fingerprint density at radius 1 is 0.339 bits per heavy atom. The first-order valence-electron chi connectivity index (χ1n) is 26.4. The molecule has 0 bridgehead atoms. The molecular formula is C53H102O6. The summed E-state index contributed by atoms with van der Waals surface area (Å²) in [6.07, 6.45) is 49.3. The van der Waals surface area contributed by atoms with Crippen molar-refractivity contribution in [1.82, 2.24) is 0 Å². The lowest BCUT2D eigenvalue weighted by molar-refractivity contribution is -0.167. The fraction of sp³-hybridized carbons (Fsp3) is 0.943. The summed E-state index contributed by atoms with van der Waals surface area (Å²) in [5.41, 5.74) is 0. The predicted molar refractivity (Wildman–Crippen MR) is 252 cm³/mol. The molecule has 0 aliphatic carbocycles. The van der Waals surface area contributed by atoms with Crippen LogP contribution in [0.2, 0.25) is 0 Å². The number of rotatable bonds is 48. The number of carbonyl (C=O) groups excluding carboxylic acids is 3. The lowest BCUT2D eigenvalue weighted by Gasteiger charge is -2.18. The van der Waals surface area contributed by atoms with Crippen molar-refractivity contribution in [2.75, 3.05) is 13.2 Å². The van der Waals surface area contributed by atoms with Crippen LogP contribution in [0.1, 0.15) is 297 Å². The van der Waals surface area contributed by atoms with Gasteiger partial charge in [0.05, 0.1) is 0 Å². The van der Waals surface area contributed by atoms with Crippen LogP contribution in [0.15, 0.2) is 0 Å². The average Bonchev–Trinajstić information content (AvgIpc) is 3.23. The Kier molecular flexibility index (Phi) is 46.2. The van der Waals surface area contributed by atoms with E-state index in [1.54, 1.807) is 0 Å². The van der Waals surface area contributed by atoms with Crippen LogP contribution in [0.4, 0.5) is 0 Å². The van der Waals surface area contributed by atoms with Crippen molar-refractivity contribution in [3.05, 3.63) is 0 Å². The van der Waals surface area contributed by atoms with E-state index >= 15 is 0 Å². The highest BCUT2D eigenvalue weighted by atomic mass is 16.6. The predicted octanol–water partition coefficient (Wildman–Crippen LogP) is 17.1. The molecule has 0 amide bonds. The smallest absolute Gasteiger partial charge is 0.306 e. The number of esters is 3. The van der Waals surface area contributed by atoms with Gasteiger partial charge in [-0.1, -0.05) is 259 Å². The highest BCUT2D eigenvalue weighted by Gasteiger charge is 2.19. The number of unbranched alkanes of at least 4 members (excludes halogenated alkanes) is 34. The summed E-state index contributed by atoms with van der Waals surface area (Å²) >= 11 is 0. The minimum absolute atomic E-state index is 0.0627. The van der Waals surface area contributed by atoms with Crippen LogP contribution >= 0.6 is 0 Å². The van der Waals surface area contributed by atoms with E-state index in [1.165, 1.54) is 193 Å². The summed E-state index contributed by atoms with van der Waals surface area (Å²) < 4.78 is 16.8. The van der Waals surface area contributed by atoms with E-state index < -0.39 is 6.10 Å². The van der Waals surface area contributed by atoms with Crippen LogP contribution < -0.4 is 0 Å². The molecule has 0 aliphatic rings. The highest BCUT2D eigenvalue weighted by molar-refractivity contribution is 5.71. The molecule has 59 heavy (non-hydrogen) atoms. The van der Waals surface area contributed by atoms with Gasteiger partial charge in [-0.3, -0.25) is 14.4 Å². The van der Waals surface area contributed by atoms with E-state index in [0.717, 1.165) is 63.7 Å². The number of hydrogen-bond donors (Lipinski definition) is 0. The average molecular weight is 835 g/mol. The third kappa shape index (κ3) is 45.8. The van der Waals surface area contributed by atoms with Crippen LogP contribution in [0.25, 0.3) is 0 Å². The van der Waals surface area contributed by atoms with Crippen molar-refractivity contribution >= 4 is 17.9 Å². The molecule has 0 aromatic carbocycles. The third-order valence-electron chi connectivity index (χ3n) is 12.4. The zero-order valence-electron chi connectivity index (χ0n) is 40.2. The van der Waals surface area contributed by atoms with E-state index in [0.29, 0.717) is 19.3 Å². The molecule has 0 spiro atoms. The van der Waals surface area contributed by atoms with Crippen LogP contribution in [-0.2, 0) is 28.6 Å². The Bertz CT molecular complexity index is 889. The molecule has 0 aliphatic heterocycles. The first-order chi connectivity index (χ1) is 28.9. The van der Waals surface area contributed by atoms with Gasteiger partial charge in [-0.25, -0.2) is 0 Å². The molecule has 0 saturated carbocycles. The van der Waals surface area contributed by atoms with E-state index in [1.807, 2.05) is 0 Å². The Balaban J connectivity index is 4.28. The second kappa shape index (κ2) is 47.5. The maximum absolute atomic E-state index is 12.8. The molecule has 0 N–H and O–H groups in total. The summed E-state index contributed by atoms with van der Waals surface area (Å²) in [7, 11) is 0. The molecule has 1 unspecified atom stereocenters. The van der Waals surface area contributed by atoms with Gasteiger partial charge in [-0.05, 0) is 25.2 Å². The number of carbonyl (C=O) groups is 3. The molecule has 2 atom stereocenters. The maximum atomic E-state index is 12.8. The summed E-state index contributed by atoms with van der Waals surface area (Å²) in [5, 5.41) is 0. The third-order valence-corrected chi connectivity index (χ3v) is 12.4. The highest BCUT2D eigenvalue weighted by Crippen LogP contribution is 2.18. The summed E-state index contributed by atoms with van der Waals surface area (Å²) in [6, 6.07) is 0. The molecule has 350 valence electrons. The quantitative estimate of drug-likeness (QED) is 0.0345. The van der Waals surface area contributed by atoms with Crippen molar-refractivity contribution in [3.8, 4) is 0 Å². The van der Waals surface area contributed by atoms with Gasteiger partial charge in [0.1, 0.15) is 13.2 Å². The Hall–Kier alpha value is -1.59. The van der Waals surface area contributed by atoms with E-state index in [-0.39, 0.29) is 31.1 Å².